The van der Waals surface area contributed by atoms with E-state index in [1.807, 2.05) is 41.8 Å². The van der Waals surface area contributed by atoms with Crippen LogP contribution >= 0.6 is 15.9 Å². The molecule has 0 aliphatic rings. The van der Waals surface area contributed by atoms with E-state index in [2.05, 4.69) is 20.9 Å². The van der Waals surface area contributed by atoms with Crippen LogP contribution in [-0.4, -0.2) is 11.0 Å². The Kier molecular flexibility index (Phi) is 5.04. The summed E-state index contributed by atoms with van der Waals surface area (Å²) < 4.78 is 0.799. The molecule has 0 unspecified atom stereocenters. The number of carbonyl (C=O) groups is 1. The summed E-state index contributed by atoms with van der Waals surface area (Å²) in [7, 11) is 0. The van der Waals surface area contributed by atoms with Crippen LogP contribution < -0.4 is 22.1 Å². The molecule has 2 amide bonds. The van der Waals surface area contributed by atoms with Crippen molar-refractivity contribution in [2.45, 2.75) is 0 Å². The lowest BCUT2D eigenvalue weighted by molar-refractivity contribution is 0.246. The summed E-state index contributed by atoms with van der Waals surface area (Å²) in [6.07, 6.45) is 5.36. The fourth-order valence-corrected chi connectivity index (χ4v) is 2.21. The second-order valence-corrected chi connectivity index (χ2v) is 4.93. The van der Waals surface area contributed by atoms with E-state index in [1.54, 1.807) is 18.3 Å². The highest BCUT2D eigenvalue weighted by Crippen LogP contribution is 2.28. The van der Waals surface area contributed by atoms with Crippen molar-refractivity contribution in [3.05, 3.63) is 58.3 Å². The molecule has 0 atom stereocenters. The van der Waals surface area contributed by atoms with Gasteiger partial charge in [0.05, 0.1) is 11.4 Å². The second kappa shape index (κ2) is 6.98. The first-order valence-corrected chi connectivity index (χ1v) is 6.86. The number of hydrazine groups is 2. The predicted molar refractivity (Wildman–Crippen MR) is 86.7 cm³/mol. The van der Waals surface area contributed by atoms with E-state index in [4.69, 9.17) is 11.7 Å². The van der Waals surface area contributed by atoms with E-state index < -0.39 is 6.03 Å². The number of nitrogens with zero attached hydrogens (tertiary/aromatic N) is 2. The molecule has 5 N–H and O–H groups in total. The van der Waals surface area contributed by atoms with E-state index in [0.29, 0.717) is 5.69 Å². The van der Waals surface area contributed by atoms with Crippen LogP contribution in [-0.2, 0) is 0 Å². The van der Waals surface area contributed by atoms with Crippen molar-refractivity contribution in [2.75, 3.05) is 5.01 Å². The molecule has 2 aromatic rings. The van der Waals surface area contributed by atoms with Crippen LogP contribution in [0.2, 0.25) is 0 Å². The van der Waals surface area contributed by atoms with Gasteiger partial charge in [0, 0.05) is 16.2 Å². The Balaban J connectivity index is 2.39. The molecule has 2 rings (SSSR count). The first-order valence-electron chi connectivity index (χ1n) is 6.06. The highest BCUT2D eigenvalue weighted by atomic mass is 79.9. The van der Waals surface area contributed by atoms with Gasteiger partial charge in [-0.1, -0.05) is 28.1 Å². The van der Waals surface area contributed by atoms with Gasteiger partial charge in [-0.2, -0.15) is 0 Å². The summed E-state index contributed by atoms with van der Waals surface area (Å²) in [5, 5.41) is 0.947. The highest BCUT2D eigenvalue weighted by Gasteiger charge is 2.14. The fourth-order valence-electron chi connectivity index (χ4n) is 1.72. The molecule has 21 heavy (non-hydrogen) atoms. The Hall–Kier alpha value is -2.22. The summed E-state index contributed by atoms with van der Waals surface area (Å²) >= 11 is 3.44. The minimum atomic E-state index is -0.611. The van der Waals surface area contributed by atoms with Gasteiger partial charge < -0.3 is 0 Å². The van der Waals surface area contributed by atoms with Gasteiger partial charge in [0.1, 0.15) is 0 Å². The first-order chi connectivity index (χ1) is 10.1. The third kappa shape index (κ3) is 3.66. The van der Waals surface area contributed by atoms with Crippen molar-refractivity contribution in [2.24, 2.45) is 11.7 Å². The molecule has 0 saturated carbocycles. The lowest BCUT2D eigenvalue weighted by Crippen LogP contribution is -2.47. The number of benzene rings is 1. The van der Waals surface area contributed by atoms with E-state index >= 15 is 0 Å². The average Bonchev–Trinajstić information content (AvgIpc) is 2.53. The van der Waals surface area contributed by atoms with Gasteiger partial charge in [-0.05, 0) is 36.4 Å². The number of hydrogen-bond donors (Lipinski definition) is 3. The Morgan fingerprint density at radius 1 is 1.24 bits per heavy atom. The van der Waals surface area contributed by atoms with Crippen LogP contribution in [0.4, 0.5) is 10.5 Å². The zero-order chi connectivity index (χ0) is 15.2. The number of halogens is 1. The van der Waals surface area contributed by atoms with Gasteiger partial charge in [-0.25, -0.2) is 21.5 Å². The van der Waals surface area contributed by atoms with E-state index in [-0.39, 0.29) is 0 Å². The van der Waals surface area contributed by atoms with Gasteiger partial charge in [-0.3, -0.25) is 10.4 Å². The van der Waals surface area contributed by atoms with Crippen molar-refractivity contribution < 1.29 is 4.79 Å². The molecule has 0 saturated heterocycles. The van der Waals surface area contributed by atoms with Crippen LogP contribution in [0, 0.1) is 0 Å². The Morgan fingerprint density at radius 2 is 2.05 bits per heavy atom. The molecule has 1 aromatic heterocycles. The van der Waals surface area contributed by atoms with Crippen molar-refractivity contribution in [1.82, 2.24) is 10.4 Å². The number of amides is 2. The average molecular weight is 348 g/mol. The largest absolute Gasteiger partial charge is 0.350 e. The monoisotopic (exact) mass is 347 g/mol. The third-order valence-electron chi connectivity index (χ3n) is 2.74. The van der Waals surface area contributed by atoms with Gasteiger partial charge >= 0.3 is 6.03 Å². The Bertz CT molecular complexity index is 660. The summed E-state index contributed by atoms with van der Waals surface area (Å²) in [5.41, 5.74) is 4.05. The zero-order valence-electron chi connectivity index (χ0n) is 11.0. The second-order valence-electron chi connectivity index (χ2n) is 4.08. The number of urea groups is 1. The maximum Gasteiger partial charge on any atom is 0.350 e. The van der Waals surface area contributed by atoms with E-state index in [9.17, 15) is 4.79 Å². The van der Waals surface area contributed by atoms with Crippen molar-refractivity contribution in [3.8, 4) is 0 Å². The molecule has 7 heteroatoms. The maximum absolute atomic E-state index is 11.6. The van der Waals surface area contributed by atoms with Gasteiger partial charge in [-0.15, -0.1) is 0 Å². The van der Waals surface area contributed by atoms with Crippen LogP contribution in [0.5, 0.6) is 0 Å². The maximum atomic E-state index is 11.6. The molecule has 1 heterocycles. The number of hydrogen-bond acceptors (Lipinski definition) is 4. The minimum Gasteiger partial charge on any atom is -0.274 e. The zero-order valence-corrected chi connectivity index (χ0v) is 12.6. The molecule has 0 aliphatic heterocycles. The van der Waals surface area contributed by atoms with Crippen LogP contribution in [0.1, 0.15) is 11.3 Å². The molecule has 0 aliphatic carbocycles. The molecular weight excluding hydrogens is 334 g/mol. The number of nitrogens with two attached hydrogens (primary N) is 2. The Morgan fingerprint density at radius 3 is 2.71 bits per heavy atom. The number of nitrogens with one attached hydrogen (secondary N) is 1. The lowest BCUT2D eigenvalue weighted by Gasteiger charge is -2.18. The van der Waals surface area contributed by atoms with Crippen LogP contribution in [0.15, 0.2) is 47.1 Å². The smallest absolute Gasteiger partial charge is 0.274 e. The summed E-state index contributed by atoms with van der Waals surface area (Å²) in [4.78, 5) is 15.8. The standard InChI is InChI=1S/C14H14BrN5O/c15-12-5-3-6-13(20(17)14(21)19-16)11(12)8-7-10-4-1-2-9-18-10/h1-9H,16-17H2,(H,19,21)/b8-7+. The first kappa shape index (κ1) is 15.2. The minimum absolute atomic E-state index is 0.513. The number of pyridine rings is 1. The normalized spacial score (nSPS) is 10.6. The molecule has 0 radical (unpaired) electrons. The van der Waals surface area contributed by atoms with Gasteiger partial charge in [0.15, 0.2) is 0 Å². The fraction of sp³-hybridized carbons (Fsp3) is 0. The molecular formula is C14H14BrN5O. The topological polar surface area (TPSA) is 97.3 Å². The Labute approximate surface area is 130 Å². The van der Waals surface area contributed by atoms with E-state index in [1.165, 1.54) is 0 Å². The predicted octanol–water partition coefficient (Wildman–Crippen LogP) is 2.28. The summed E-state index contributed by atoms with van der Waals surface area (Å²) in [5.74, 6) is 10.9. The number of anilines is 1. The van der Waals surface area contributed by atoms with Crippen LogP contribution in [0.3, 0.4) is 0 Å². The highest BCUT2D eigenvalue weighted by molar-refractivity contribution is 9.10. The number of rotatable bonds is 3. The molecule has 0 fully saturated rings. The van der Waals surface area contributed by atoms with Crippen molar-refractivity contribution >= 4 is 39.8 Å². The van der Waals surface area contributed by atoms with Gasteiger partial charge in [0.25, 0.3) is 0 Å². The van der Waals surface area contributed by atoms with Gasteiger partial charge in [0.2, 0.25) is 0 Å². The molecule has 6 nitrogen and oxygen atoms in total. The molecule has 1 aromatic carbocycles. The third-order valence-corrected chi connectivity index (χ3v) is 3.43. The van der Waals surface area contributed by atoms with Crippen molar-refractivity contribution in [3.63, 3.8) is 0 Å². The molecule has 0 spiro atoms. The summed E-state index contributed by atoms with van der Waals surface area (Å²) in [6.45, 7) is 0. The quantitative estimate of drug-likeness (QED) is 0.450. The van der Waals surface area contributed by atoms with Crippen LogP contribution in [0.25, 0.3) is 12.2 Å². The molecule has 108 valence electrons. The van der Waals surface area contributed by atoms with E-state index in [0.717, 1.165) is 20.7 Å². The van der Waals surface area contributed by atoms with Crippen molar-refractivity contribution in [1.29, 1.82) is 0 Å². The number of carbonyl (C=O) groups excluding carboxylic acids is 1. The SMILES string of the molecule is NNC(=O)N(N)c1cccc(Br)c1/C=C/c1ccccn1. The summed E-state index contributed by atoms with van der Waals surface area (Å²) in [6, 6.07) is 10.4. The molecule has 0 bridgehead atoms. The lowest BCUT2D eigenvalue weighted by atomic mass is 10.1. The number of aromatic nitrogens is 1.